The normalized spacial score (nSPS) is 11.8. The topological polar surface area (TPSA) is 97.3 Å². The molecule has 0 saturated carbocycles. The van der Waals surface area contributed by atoms with E-state index in [4.69, 9.17) is 37.4 Å². The van der Waals surface area contributed by atoms with E-state index in [2.05, 4.69) is 5.32 Å². The number of nitrogens with one attached hydrogen (secondary N) is 1. The minimum Gasteiger partial charge on any atom is -0.492 e. The van der Waals surface area contributed by atoms with E-state index in [1.165, 1.54) is 0 Å². The fraction of sp³-hybridized carbons (Fsp3) is 0.481. The van der Waals surface area contributed by atoms with Gasteiger partial charge in [-0.05, 0) is 54.3 Å². The zero-order chi connectivity index (χ0) is 27.2. The fourth-order valence-electron chi connectivity index (χ4n) is 3.41. The number of urea groups is 1. The average molecular weight is 555 g/mol. The van der Waals surface area contributed by atoms with Gasteiger partial charge in [0.05, 0.1) is 19.8 Å². The highest BCUT2D eigenvalue weighted by atomic mass is 35.5. The summed E-state index contributed by atoms with van der Waals surface area (Å²) in [5, 5.41) is 13.3. The molecule has 1 atom stereocenters. The Balaban J connectivity index is 1.86. The zero-order valence-corrected chi connectivity index (χ0v) is 23.1. The van der Waals surface area contributed by atoms with Crippen LogP contribution in [0.1, 0.15) is 31.9 Å². The second kappa shape index (κ2) is 16.3. The van der Waals surface area contributed by atoms with Gasteiger partial charge in [-0.15, -0.1) is 0 Å². The van der Waals surface area contributed by atoms with Gasteiger partial charge < -0.3 is 29.5 Å². The summed E-state index contributed by atoms with van der Waals surface area (Å²) < 4.78 is 16.8. The van der Waals surface area contributed by atoms with Crippen LogP contribution < -0.4 is 10.1 Å². The lowest BCUT2D eigenvalue weighted by Crippen LogP contribution is -2.44. The van der Waals surface area contributed by atoms with Gasteiger partial charge in [0.15, 0.2) is 6.10 Å². The molecule has 1 unspecified atom stereocenters. The molecule has 0 aliphatic heterocycles. The average Bonchev–Trinajstić information content (AvgIpc) is 2.84. The molecule has 0 heterocycles. The maximum atomic E-state index is 12.7. The number of hydrogen-bond donors (Lipinski definition) is 2. The summed E-state index contributed by atoms with van der Waals surface area (Å²) in [6.07, 6.45) is -0.609. The van der Waals surface area contributed by atoms with Crippen LogP contribution in [0.2, 0.25) is 10.0 Å². The molecule has 10 heteroatoms. The number of halogens is 2. The number of carboxylic acid groups (broad SMARTS) is 1. The van der Waals surface area contributed by atoms with E-state index in [0.717, 1.165) is 11.1 Å². The van der Waals surface area contributed by atoms with E-state index >= 15 is 0 Å². The van der Waals surface area contributed by atoms with Crippen molar-refractivity contribution in [1.82, 2.24) is 10.2 Å². The summed E-state index contributed by atoms with van der Waals surface area (Å²) in [5.74, 6) is -0.0325. The predicted octanol–water partition coefficient (Wildman–Crippen LogP) is 5.29. The van der Waals surface area contributed by atoms with Crippen molar-refractivity contribution in [3.05, 3.63) is 63.6 Å². The maximum Gasteiger partial charge on any atom is 0.333 e. The molecule has 0 aliphatic rings. The summed E-state index contributed by atoms with van der Waals surface area (Å²) in [6, 6.07) is 12.2. The molecule has 0 aromatic heterocycles. The number of hydrogen-bond acceptors (Lipinski definition) is 5. The highest BCUT2D eigenvalue weighted by Gasteiger charge is 2.18. The van der Waals surface area contributed by atoms with Crippen LogP contribution in [0.5, 0.6) is 5.75 Å². The van der Waals surface area contributed by atoms with Gasteiger partial charge in [0.2, 0.25) is 0 Å². The van der Waals surface area contributed by atoms with E-state index in [1.54, 1.807) is 42.2 Å². The maximum absolute atomic E-state index is 12.7. The van der Waals surface area contributed by atoms with Gasteiger partial charge in [-0.1, -0.05) is 49.2 Å². The Morgan fingerprint density at radius 1 is 1.00 bits per heavy atom. The highest BCUT2D eigenvalue weighted by molar-refractivity contribution is 6.34. The molecule has 0 aliphatic carbocycles. The highest BCUT2D eigenvalue weighted by Crippen LogP contribution is 2.19. The van der Waals surface area contributed by atoms with Crippen LogP contribution in [-0.4, -0.2) is 67.6 Å². The SMILES string of the molecule is CCOC(Cc1ccc(OCCN(CCOCc2cc(Cl)cc(Cl)c2)C(=O)NCC(C)C)cc1)C(=O)O. The van der Waals surface area contributed by atoms with Crippen LogP contribution in [0.3, 0.4) is 0 Å². The monoisotopic (exact) mass is 554 g/mol. The lowest BCUT2D eigenvalue weighted by molar-refractivity contribution is -0.149. The standard InChI is InChI=1S/C27H36Cl2N2O6/c1-4-36-25(26(32)33)15-20-5-7-24(8-6-20)37-12-10-31(27(34)30-17-19(2)3)9-11-35-18-21-13-22(28)16-23(29)14-21/h5-8,13-14,16,19,25H,4,9-12,15,17-18H2,1-3H3,(H,30,34)(H,32,33). The molecule has 2 rings (SSSR count). The molecular weight excluding hydrogens is 519 g/mol. The van der Waals surface area contributed by atoms with Crippen molar-refractivity contribution in [3.63, 3.8) is 0 Å². The van der Waals surface area contributed by atoms with Gasteiger partial charge in [-0.2, -0.15) is 0 Å². The first-order valence-corrected chi connectivity index (χ1v) is 13.0. The molecule has 2 amide bonds. The van der Waals surface area contributed by atoms with Crippen LogP contribution in [-0.2, 0) is 27.3 Å². The third kappa shape index (κ3) is 12.0. The third-order valence-electron chi connectivity index (χ3n) is 5.26. The first-order chi connectivity index (χ1) is 17.7. The molecule has 0 bridgehead atoms. The number of ether oxygens (including phenoxy) is 3. The number of aliphatic carboxylic acids is 1. The summed E-state index contributed by atoms with van der Waals surface area (Å²) in [5.41, 5.74) is 1.69. The second-order valence-electron chi connectivity index (χ2n) is 8.88. The van der Waals surface area contributed by atoms with Crippen molar-refractivity contribution < 1.29 is 28.9 Å². The first kappa shape index (κ1) is 30.7. The van der Waals surface area contributed by atoms with Crippen molar-refractivity contribution in [3.8, 4) is 5.75 Å². The molecule has 0 saturated heterocycles. The number of carboxylic acids is 1. The minimum absolute atomic E-state index is 0.183. The third-order valence-corrected chi connectivity index (χ3v) is 5.70. The van der Waals surface area contributed by atoms with Crippen LogP contribution in [0, 0.1) is 5.92 Å². The second-order valence-corrected chi connectivity index (χ2v) is 9.75. The van der Waals surface area contributed by atoms with E-state index in [-0.39, 0.29) is 19.1 Å². The lowest BCUT2D eigenvalue weighted by atomic mass is 10.1. The number of nitrogens with zero attached hydrogens (tertiary/aromatic N) is 1. The van der Waals surface area contributed by atoms with Crippen molar-refractivity contribution in [2.45, 2.75) is 39.9 Å². The predicted molar refractivity (Wildman–Crippen MR) is 145 cm³/mol. The van der Waals surface area contributed by atoms with Gasteiger partial charge in [0, 0.05) is 36.2 Å². The zero-order valence-electron chi connectivity index (χ0n) is 21.5. The van der Waals surface area contributed by atoms with Gasteiger partial charge in [0.25, 0.3) is 0 Å². The van der Waals surface area contributed by atoms with Crippen LogP contribution >= 0.6 is 23.2 Å². The van der Waals surface area contributed by atoms with Gasteiger partial charge in [-0.25, -0.2) is 9.59 Å². The summed E-state index contributed by atoms with van der Waals surface area (Å²) in [4.78, 5) is 25.7. The number of carbonyl (C=O) groups is 2. The minimum atomic E-state index is -0.988. The van der Waals surface area contributed by atoms with Gasteiger partial charge >= 0.3 is 12.0 Å². The van der Waals surface area contributed by atoms with Crippen LogP contribution in [0.4, 0.5) is 4.79 Å². The van der Waals surface area contributed by atoms with Crippen molar-refractivity contribution >= 4 is 35.2 Å². The Morgan fingerprint density at radius 3 is 2.24 bits per heavy atom. The molecule has 0 fully saturated rings. The smallest absolute Gasteiger partial charge is 0.333 e. The number of rotatable bonds is 16. The molecule has 0 radical (unpaired) electrons. The van der Waals surface area contributed by atoms with Crippen LogP contribution in [0.25, 0.3) is 0 Å². The van der Waals surface area contributed by atoms with Crippen LogP contribution in [0.15, 0.2) is 42.5 Å². The molecule has 0 spiro atoms. The molecule has 37 heavy (non-hydrogen) atoms. The number of benzene rings is 2. The quantitative estimate of drug-likeness (QED) is 0.273. The lowest BCUT2D eigenvalue weighted by Gasteiger charge is -2.24. The van der Waals surface area contributed by atoms with E-state index in [1.807, 2.05) is 26.0 Å². The van der Waals surface area contributed by atoms with Gasteiger partial charge in [0.1, 0.15) is 12.4 Å². The first-order valence-electron chi connectivity index (χ1n) is 12.3. The van der Waals surface area contributed by atoms with Gasteiger partial charge in [-0.3, -0.25) is 0 Å². The Labute approximate surface area is 228 Å². The fourth-order valence-corrected chi connectivity index (χ4v) is 3.98. The molecule has 204 valence electrons. The van der Waals surface area contributed by atoms with Crippen molar-refractivity contribution in [1.29, 1.82) is 0 Å². The van der Waals surface area contributed by atoms with E-state index < -0.39 is 12.1 Å². The molecule has 8 nitrogen and oxygen atoms in total. The Kier molecular flexibility index (Phi) is 13.6. The molecule has 2 aromatic rings. The van der Waals surface area contributed by atoms with Crippen molar-refractivity contribution in [2.24, 2.45) is 5.92 Å². The summed E-state index contributed by atoms with van der Waals surface area (Å²) in [7, 11) is 0. The molecule has 2 aromatic carbocycles. The molecular formula is C27H36Cl2N2O6. The largest absolute Gasteiger partial charge is 0.492 e. The Hall–Kier alpha value is -2.52. The summed E-state index contributed by atoms with van der Waals surface area (Å²) >= 11 is 12.1. The van der Waals surface area contributed by atoms with Crippen molar-refractivity contribution in [2.75, 3.05) is 39.5 Å². The van der Waals surface area contributed by atoms with E-state index in [0.29, 0.717) is 61.2 Å². The number of amides is 2. The Morgan fingerprint density at radius 2 is 1.65 bits per heavy atom. The number of carbonyl (C=O) groups excluding carboxylic acids is 1. The van der Waals surface area contributed by atoms with E-state index in [9.17, 15) is 14.7 Å². The Bertz CT molecular complexity index is 967. The summed E-state index contributed by atoms with van der Waals surface area (Å²) in [6.45, 7) is 8.42. The molecule has 2 N–H and O–H groups in total.